The highest BCUT2D eigenvalue weighted by Gasteiger charge is 2.26. The van der Waals surface area contributed by atoms with Crippen LogP contribution in [0.5, 0.6) is 0 Å². The van der Waals surface area contributed by atoms with Gasteiger partial charge in [-0.05, 0) is 0 Å². The maximum absolute atomic E-state index is 11.2. The van der Waals surface area contributed by atoms with E-state index in [1.165, 1.54) is 0 Å². The Bertz CT molecular complexity index is 124. The van der Waals surface area contributed by atoms with E-state index < -0.39 is 8.07 Å². The third-order valence-corrected chi connectivity index (χ3v) is 5.05. The molecule has 0 aromatic carbocycles. The number of ketones is 1. The van der Waals surface area contributed by atoms with Gasteiger partial charge in [-0.3, -0.25) is 4.79 Å². The molecule has 1 atom stereocenters. The van der Waals surface area contributed by atoms with Gasteiger partial charge < -0.3 is 0 Å². The minimum absolute atomic E-state index is 0.331. The van der Waals surface area contributed by atoms with Crippen molar-refractivity contribution in [2.45, 2.75) is 45.5 Å². The van der Waals surface area contributed by atoms with Crippen LogP contribution in [0.1, 0.15) is 20.3 Å². The van der Waals surface area contributed by atoms with Crippen LogP contribution in [-0.4, -0.2) is 13.9 Å². The first-order valence-electron chi connectivity index (χ1n) is 3.92. The van der Waals surface area contributed by atoms with Crippen molar-refractivity contribution in [3.63, 3.8) is 0 Å². The molecule has 0 aliphatic rings. The van der Waals surface area contributed by atoms with Gasteiger partial charge in [0.15, 0.2) is 0 Å². The van der Waals surface area contributed by atoms with Crippen LogP contribution in [0.3, 0.4) is 0 Å². The van der Waals surface area contributed by atoms with Gasteiger partial charge in [0, 0.05) is 12.0 Å². The SMILES string of the molecule is CCC(=O)C(C)[Si](C)(C)C. The molecule has 1 nitrogen and oxygen atoms in total. The van der Waals surface area contributed by atoms with Crippen molar-refractivity contribution in [1.82, 2.24) is 0 Å². The zero-order valence-corrected chi connectivity index (χ0v) is 8.69. The van der Waals surface area contributed by atoms with E-state index in [-0.39, 0.29) is 0 Å². The summed E-state index contributed by atoms with van der Waals surface area (Å²) in [5, 5.41) is 0. The van der Waals surface area contributed by atoms with Gasteiger partial charge in [0.25, 0.3) is 0 Å². The zero-order valence-electron chi connectivity index (χ0n) is 7.69. The van der Waals surface area contributed by atoms with Gasteiger partial charge >= 0.3 is 0 Å². The Morgan fingerprint density at radius 3 is 1.90 bits per heavy atom. The highest BCUT2D eigenvalue weighted by Crippen LogP contribution is 2.22. The molecule has 0 N–H and O–H groups in total. The molecule has 0 radical (unpaired) electrons. The summed E-state index contributed by atoms with van der Waals surface area (Å²) in [7, 11) is -1.19. The van der Waals surface area contributed by atoms with E-state index in [2.05, 4.69) is 26.6 Å². The summed E-state index contributed by atoms with van der Waals surface area (Å²) >= 11 is 0. The van der Waals surface area contributed by atoms with E-state index >= 15 is 0 Å². The molecular formula is C8H18OSi. The van der Waals surface area contributed by atoms with E-state index in [0.717, 1.165) is 0 Å². The molecule has 10 heavy (non-hydrogen) atoms. The van der Waals surface area contributed by atoms with E-state index in [9.17, 15) is 4.79 Å². The van der Waals surface area contributed by atoms with Crippen LogP contribution in [-0.2, 0) is 4.79 Å². The molecule has 0 bridgehead atoms. The van der Waals surface area contributed by atoms with Gasteiger partial charge in [-0.2, -0.15) is 0 Å². The number of rotatable bonds is 3. The second kappa shape index (κ2) is 3.33. The molecule has 0 heterocycles. The highest BCUT2D eigenvalue weighted by atomic mass is 28.3. The van der Waals surface area contributed by atoms with Crippen molar-refractivity contribution in [3.05, 3.63) is 0 Å². The lowest BCUT2D eigenvalue weighted by Crippen LogP contribution is -2.31. The second-order valence-electron chi connectivity index (χ2n) is 3.91. The molecule has 0 aromatic rings. The topological polar surface area (TPSA) is 17.1 Å². The van der Waals surface area contributed by atoms with Gasteiger partial charge in [-0.1, -0.05) is 33.5 Å². The Morgan fingerprint density at radius 1 is 1.40 bits per heavy atom. The minimum Gasteiger partial charge on any atom is -0.300 e. The average Bonchev–Trinajstić information content (AvgIpc) is 1.83. The Morgan fingerprint density at radius 2 is 1.80 bits per heavy atom. The van der Waals surface area contributed by atoms with Crippen molar-refractivity contribution in [1.29, 1.82) is 0 Å². The van der Waals surface area contributed by atoms with Crippen LogP contribution in [0.2, 0.25) is 25.2 Å². The molecule has 0 aliphatic carbocycles. The largest absolute Gasteiger partial charge is 0.300 e. The van der Waals surface area contributed by atoms with Crippen molar-refractivity contribution in [3.8, 4) is 0 Å². The third-order valence-electron chi connectivity index (χ3n) is 2.13. The normalized spacial score (nSPS) is 14.9. The summed E-state index contributed by atoms with van der Waals surface area (Å²) in [4.78, 5) is 11.2. The molecule has 0 fully saturated rings. The van der Waals surface area contributed by atoms with Crippen molar-refractivity contribution >= 4 is 13.9 Å². The molecule has 0 rings (SSSR count). The molecule has 2 heteroatoms. The van der Waals surface area contributed by atoms with Gasteiger partial charge in [0.05, 0.1) is 8.07 Å². The average molecular weight is 158 g/mol. The van der Waals surface area contributed by atoms with Crippen LogP contribution in [0, 0.1) is 0 Å². The molecule has 1 unspecified atom stereocenters. The lowest BCUT2D eigenvalue weighted by molar-refractivity contribution is -0.118. The minimum atomic E-state index is -1.19. The second-order valence-corrected chi connectivity index (χ2v) is 9.51. The van der Waals surface area contributed by atoms with Gasteiger partial charge in [-0.15, -0.1) is 0 Å². The predicted octanol–water partition coefficient (Wildman–Crippen LogP) is 2.69. The molecule has 0 saturated carbocycles. The molecule has 0 spiro atoms. The summed E-state index contributed by atoms with van der Waals surface area (Å²) in [6.45, 7) is 10.7. The Kier molecular flexibility index (Phi) is 3.29. The third kappa shape index (κ3) is 2.65. The molecule has 0 saturated heterocycles. The monoisotopic (exact) mass is 158 g/mol. The van der Waals surface area contributed by atoms with Crippen molar-refractivity contribution < 1.29 is 4.79 Å². The Balaban J connectivity index is 4.08. The first kappa shape index (κ1) is 9.89. The highest BCUT2D eigenvalue weighted by molar-refractivity contribution is 6.80. The van der Waals surface area contributed by atoms with E-state index in [0.29, 0.717) is 17.7 Å². The maximum atomic E-state index is 11.2. The van der Waals surface area contributed by atoms with Crippen LogP contribution >= 0.6 is 0 Å². The van der Waals surface area contributed by atoms with E-state index in [1.807, 2.05) is 6.92 Å². The quantitative estimate of drug-likeness (QED) is 0.577. The lowest BCUT2D eigenvalue weighted by Gasteiger charge is -2.22. The van der Waals surface area contributed by atoms with Crippen molar-refractivity contribution in [2.24, 2.45) is 0 Å². The fourth-order valence-electron chi connectivity index (χ4n) is 0.789. The number of carbonyl (C=O) groups excluding carboxylic acids is 1. The zero-order chi connectivity index (χ0) is 8.36. The van der Waals surface area contributed by atoms with Crippen LogP contribution in [0.4, 0.5) is 0 Å². The fourth-order valence-corrected chi connectivity index (χ4v) is 1.96. The fraction of sp³-hybridized carbons (Fsp3) is 0.875. The number of carbonyl (C=O) groups is 1. The summed E-state index contributed by atoms with van der Waals surface area (Å²) in [5.41, 5.74) is 0.331. The summed E-state index contributed by atoms with van der Waals surface area (Å²) in [6.07, 6.45) is 0.700. The molecule has 60 valence electrons. The molecule has 0 aromatic heterocycles. The summed E-state index contributed by atoms with van der Waals surface area (Å²) < 4.78 is 0. The molecule has 0 aliphatic heterocycles. The van der Waals surface area contributed by atoms with Crippen LogP contribution in [0.25, 0.3) is 0 Å². The van der Waals surface area contributed by atoms with Gasteiger partial charge in [0.1, 0.15) is 5.78 Å². The van der Waals surface area contributed by atoms with Gasteiger partial charge in [-0.25, -0.2) is 0 Å². The maximum Gasteiger partial charge on any atom is 0.132 e. The lowest BCUT2D eigenvalue weighted by atomic mass is 10.2. The first-order valence-corrected chi connectivity index (χ1v) is 7.50. The summed E-state index contributed by atoms with van der Waals surface area (Å²) in [6, 6.07) is 0. The predicted molar refractivity (Wildman–Crippen MR) is 48.1 cm³/mol. The Labute approximate surface area is 64.8 Å². The van der Waals surface area contributed by atoms with Crippen molar-refractivity contribution in [2.75, 3.05) is 0 Å². The van der Waals surface area contributed by atoms with Crippen LogP contribution < -0.4 is 0 Å². The number of Topliss-reactive ketones (excluding diaryl/α,β-unsaturated/α-hetero) is 1. The number of hydrogen-bond donors (Lipinski definition) is 0. The summed E-state index contributed by atoms with van der Waals surface area (Å²) in [5.74, 6) is 0.430. The Hall–Kier alpha value is -0.113. The molecule has 0 amide bonds. The first-order chi connectivity index (χ1) is 4.39. The van der Waals surface area contributed by atoms with E-state index in [1.54, 1.807) is 0 Å². The standard InChI is InChI=1S/C8H18OSi/c1-6-8(9)7(2)10(3,4)5/h7H,6H2,1-5H3. The number of hydrogen-bond acceptors (Lipinski definition) is 1. The molecular weight excluding hydrogens is 140 g/mol. The van der Waals surface area contributed by atoms with E-state index in [4.69, 9.17) is 0 Å². The smallest absolute Gasteiger partial charge is 0.132 e. The van der Waals surface area contributed by atoms with Crippen LogP contribution in [0.15, 0.2) is 0 Å². The van der Waals surface area contributed by atoms with Gasteiger partial charge in [0.2, 0.25) is 0 Å².